The summed E-state index contributed by atoms with van der Waals surface area (Å²) in [6.07, 6.45) is 2.01. The molecular weight excluding hydrogens is 253 g/mol. The average Bonchev–Trinajstić information content (AvgIpc) is 2.38. The lowest BCUT2D eigenvalue weighted by atomic mass is 9.85. The maximum Gasteiger partial charge on any atom is 0.145 e. The maximum absolute atomic E-state index is 13.8. The van der Waals surface area contributed by atoms with Crippen molar-refractivity contribution in [1.82, 2.24) is 0 Å². The molecule has 1 aromatic carbocycles. The molecule has 1 aromatic rings. The zero-order valence-electron chi connectivity index (χ0n) is 11.2. The molecule has 0 saturated carbocycles. The highest BCUT2D eigenvalue weighted by Crippen LogP contribution is 2.27. The quantitative estimate of drug-likeness (QED) is 0.860. The topological polar surface area (TPSA) is 35.2 Å². The van der Waals surface area contributed by atoms with Crippen molar-refractivity contribution in [2.24, 2.45) is 5.73 Å². The van der Waals surface area contributed by atoms with E-state index in [1.165, 1.54) is 6.07 Å². The lowest BCUT2D eigenvalue weighted by Crippen LogP contribution is -2.50. The fourth-order valence-corrected chi connectivity index (χ4v) is 2.54. The van der Waals surface area contributed by atoms with E-state index in [0.717, 1.165) is 12.8 Å². The second kappa shape index (κ2) is 6.50. The van der Waals surface area contributed by atoms with Gasteiger partial charge < -0.3 is 10.5 Å². The molecule has 1 atom stereocenters. The largest absolute Gasteiger partial charge is 0.377 e. The molecule has 0 aliphatic rings. The highest BCUT2D eigenvalue weighted by molar-refractivity contribution is 6.30. The van der Waals surface area contributed by atoms with Crippen LogP contribution in [0.2, 0.25) is 5.02 Å². The first-order chi connectivity index (χ1) is 8.50. The smallest absolute Gasteiger partial charge is 0.145 e. The molecule has 0 aliphatic heterocycles. The Kier molecular flexibility index (Phi) is 5.57. The van der Waals surface area contributed by atoms with Gasteiger partial charge in [-0.2, -0.15) is 0 Å². The van der Waals surface area contributed by atoms with Gasteiger partial charge in [0, 0.05) is 13.2 Å². The summed E-state index contributed by atoms with van der Waals surface area (Å²) < 4.78 is 19.4. The molecule has 2 N–H and O–H groups in total. The third-order valence-electron chi connectivity index (χ3n) is 3.75. The van der Waals surface area contributed by atoms with Crippen LogP contribution in [-0.4, -0.2) is 18.8 Å². The Labute approximate surface area is 113 Å². The van der Waals surface area contributed by atoms with Gasteiger partial charge in [-0.15, -0.1) is 0 Å². The molecule has 18 heavy (non-hydrogen) atoms. The van der Waals surface area contributed by atoms with E-state index in [1.54, 1.807) is 19.2 Å². The minimum atomic E-state index is -0.408. The van der Waals surface area contributed by atoms with Crippen LogP contribution >= 0.6 is 11.6 Å². The normalized spacial score (nSPS) is 13.7. The number of benzene rings is 1. The molecule has 0 aliphatic carbocycles. The summed E-state index contributed by atoms with van der Waals surface area (Å²) in [5.74, 6) is -0.383. The molecule has 4 heteroatoms. The third kappa shape index (κ3) is 3.02. The number of halogens is 2. The molecule has 102 valence electrons. The fourth-order valence-electron chi connectivity index (χ4n) is 2.34. The first-order valence-electron chi connectivity index (χ1n) is 6.24. The number of nitrogens with two attached hydrogens (primary N) is 1. The monoisotopic (exact) mass is 273 g/mol. The number of ether oxygens (including phenoxy) is 1. The molecule has 0 heterocycles. The van der Waals surface area contributed by atoms with E-state index in [0.29, 0.717) is 12.0 Å². The number of methoxy groups -OCH3 is 1. The van der Waals surface area contributed by atoms with E-state index in [4.69, 9.17) is 22.1 Å². The second-order valence-corrected chi connectivity index (χ2v) is 4.91. The van der Waals surface area contributed by atoms with E-state index in [1.807, 2.05) is 13.8 Å². The Morgan fingerprint density at radius 3 is 2.50 bits per heavy atom. The third-order valence-corrected chi connectivity index (χ3v) is 4.04. The van der Waals surface area contributed by atoms with Crippen LogP contribution in [-0.2, 0) is 11.2 Å². The Morgan fingerprint density at radius 1 is 1.39 bits per heavy atom. The van der Waals surface area contributed by atoms with Crippen molar-refractivity contribution >= 4 is 11.6 Å². The van der Waals surface area contributed by atoms with E-state index in [-0.39, 0.29) is 16.9 Å². The minimum absolute atomic E-state index is 0.135. The summed E-state index contributed by atoms with van der Waals surface area (Å²) in [5, 5.41) is 0.135. The first-order valence-corrected chi connectivity index (χ1v) is 6.62. The molecule has 0 radical (unpaired) electrons. The van der Waals surface area contributed by atoms with Crippen LogP contribution in [0.15, 0.2) is 18.2 Å². The molecule has 2 nitrogen and oxygen atoms in total. The van der Waals surface area contributed by atoms with Crippen molar-refractivity contribution < 1.29 is 9.13 Å². The van der Waals surface area contributed by atoms with E-state index in [9.17, 15) is 4.39 Å². The van der Waals surface area contributed by atoms with Gasteiger partial charge in [0.05, 0.1) is 10.6 Å². The molecule has 0 spiro atoms. The molecular formula is C14H21ClFNO. The minimum Gasteiger partial charge on any atom is -0.377 e. The molecule has 0 saturated heterocycles. The highest BCUT2D eigenvalue weighted by atomic mass is 35.5. The van der Waals surface area contributed by atoms with Crippen LogP contribution < -0.4 is 5.73 Å². The maximum atomic E-state index is 13.8. The molecule has 1 unspecified atom stereocenters. The van der Waals surface area contributed by atoms with Gasteiger partial charge in [0.1, 0.15) is 5.82 Å². The molecule has 0 aromatic heterocycles. The van der Waals surface area contributed by atoms with Crippen LogP contribution in [0.3, 0.4) is 0 Å². The van der Waals surface area contributed by atoms with Crippen molar-refractivity contribution in [2.45, 2.75) is 44.8 Å². The Balaban J connectivity index is 2.92. The van der Waals surface area contributed by atoms with E-state index in [2.05, 4.69) is 0 Å². The van der Waals surface area contributed by atoms with Gasteiger partial charge in [-0.3, -0.25) is 0 Å². The second-order valence-electron chi connectivity index (χ2n) is 4.50. The highest BCUT2D eigenvalue weighted by Gasteiger charge is 2.33. The lowest BCUT2D eigenvalue weighted by molar-refractivity contribution is -0.0375. The zero-order valence-corrected chi connectivity index (χ0v) is 11.9. The van der Waals surface area contributed by atoms with Crippen LogP contribution in [0.25, 0.3) is 0 Å². The van der Waals surface area contributed by atoms with Crippen LogP contribution in [0, 0.1) is 5.82 Å². The predicted molar refractivity (Wildman–Crippen MR) is 73.4 cm³/mol. The zero-order chi connectivity index (χ0) is 13.8. The van der Waals surface area contributed by atoms with Gasteiger partial charge in [0.25, 0.3) is 0 Å². The standard InChI is InChI=1S/C14H21ClFNO/c1-4-14(5-2,18-3)12(17)9-10-7-6-8-11(15)13(10)16/h6-8,12H,4-5,9,17H2,1-3H3. The van der Waals surface area contributed by atoms with Gasteiger partial charge >= 0.3 is 0 Å². The molecule has 0 bridgehead atoms. The summed E-state index contributed by atoms with van der Waals surface area (Å²) in [6.45, 7) is 4.06. The van der Waals surface area contributed by atoms with Crippen LogP contribution in [0.4, 0.5) is 4.39 Å². The summed E-state index contributed by atoms with van der Waals surface area (Å²) in [6, 6.07) is 4.73. The van der Waals surface area contributed by atoms with Gasteiger partial charge in [0.15, 0.2) is 0 Å². The first kappa shape index (κ1) is 15.4. The van der Waals surface area contributed by atoms with E-state index >= 15 is 0 Å². The Morgan fingerprint density at radius 2 is 2.00 bits per heavy atom. The van der Waals surface area contributed by atoms with Gasteiger partial charge in [-0.1, -0.05) is 37.6 Å². The fraction of sp³-hybridized carbons (Fsp3) is 0.571. The van der Waals surface area contributed by atoms with Gasteiger partial charge in [0.2, 0.25) is 0 Å². The molecule has 0 fully saturated rings. The Hall–Kier alpha value is -0.640. The van der Waals surface area contributed by atoms with Crippen molar-refractivity contribution in [3.8, 4) is 0 Å². The van der Waals surface area contributed by atoms with Crippen molar-refractivity contribution in [2.75, 3.05) is 7.11 Å². The summed E-state index contributed by atoms with van der Waals surface area (Å²) >= 11 is 5.77. The van der Waals surface area contributed by atoms with Crippen molar-refractivity contribution in [3.05, 3.63) is 34.6 Å². The lowest BCUT2D eigenvalue weighted by Gasteiger charge is -2.36. The number of rotatable bonds is 6. The summed E-state index contributed by atoms with van der Waals surface area (Å²) in [7, 11) is 1.65. The number of hydrogen-bond donors (Lipinski definition) is 1. The Bertz CT molecular complexity index is 385. The van der Waals surface area contributed by atoms with Crippen LogP contribution in [0.1, 0.15) is 32.3 Å². The average molecular weight is 274 g/mol. The SMILES string of the molecule is CCC(CC)(OC)C(N)Cc1cccc(Cl)c1F. The molecule has 1 rings (SSSR count). The van der Waals surface area contributed by atoms with Crippen LogP contribution in [0.5, 0.6) is 0 Å². The van der Waals surface area contributed by atoms with Crippen molar-refractivity contribution in [3.63, 3.8) is 0 Å². The van der Waals surface area contributed by atoms with Gasteiger partial charge in [-0.05, 0) is 30.9 Å². The summed E-state index contributed by atoms with van der Waals surface area (Å²) in [5.41, 5.74) is 6.33. The summed E-state index contributed by atoms with van der Waals surface area (Å²) in [4.78, 5) is 0. The van der Waals surface area contributed by atoms with Gasteiger partial charge in [-0.25, -0.2) is 4.39 Å². The van der Waals surface area contributed by atoms with E-state index < -0.39 is 5.60 Å². The number of hydrogen-bond acceptors (Lipinski definition) is 2. The molecule has 0 amide bonds. The predicted octanol–water partition coefficient (Wildman–Crippen LogP) is 3.55. The van der Waals surface area contributed by atoms with Crippen molar-refractivity contribution in [1.29, 1.82) is 0 Å².